The molecule has 1 heterocycles. The molecule has 2 N–H and O–H groups in total. The Morgan fingerprint density at radius 2 is 1.89 bits per heavy atom. The van der Waals surface area contributed by atoms with Crippen LogP contribution in [0.25, 0.3) is 10.9 Å². The summed E-state index contributed by atoms with van der Waals surface area (Å²) in [5, 5.41) is 3.65. The predicted molar refractivity (Wildman–Crippen MR) is 139 cm³/mol. The number of carbonyl (C=O) groups excluding carboxylic acids is 4. The molecule has 8 nitrogen and oxygen atoms in total. The molecule has 0 bridgehead atoms. The number of hydrogen-bond acceptors (Lipinski definition) is 6. The number of nitrogens with one attached hydrogen (secondary N) is 2. The highest BCUT2D eigenvalue weighted by atomic mass is 16.5. The van der Waals surface area contributed by atoms with Crippen LogP contribution in [0.4, 0.5) is 0 Å². The second-order valence-corrected chi connectivity index (χ2v) is 11.5. The summed E-state index contributed by atoms with van der Waals surface area (Å²) in [4.78, 5) is 55.1. The van der Waals surface area contributed by atoms with E-state index in [4.69, 9.17) is 9.47 Å². The van der Waals surface area contributed by atoms with E-state index in [1.165, 1.54) is 7.11 Å². The van der Waals surface area contributed by atoms with Crippen LogP contribution >= 0.6 is 0 Å². The van der Waals surface area contributed by atoms with Gasteiger partial charge in [0.1, 0.15) is 17.6 Å². The van der Waals surface area contributed by atoms with Crippen LogP contribution in [0.15, 0.2) is 24.3 Å². The SMILES string of the molecule is COC(=O)C(CC1CCC(C)(C)CC1=O)NC(=O)C(CC(=O)c1cc2c(OC)cccc2[nH]1)CC1CC1. The molecule has 37 heavy (non-hydrogen) atoms. The number of carbonyl (C=O) groups is 4. The third-order valence-corrected chi connectivity index (χ3v) is 7.86. The van der Waals surface area contributed by atoms with Gasteiger partial charge in [-0.1, -0.05) is 32.8 Å². The van der Waals surface area contributed by atoms with Gasteiger partial charge in [-0.25, -0.2) is 4.79 Å². The molecule has 3 unspecified atom stereocenters. The van der Waals surface area contributed by atoms with Gasteiger partial charge in [-0.3, -0.25) is 14.4 Å². The summed E-state index contributed by atoms with van der Waals surface area (Å²) in [5.74, 6) is -0.731. The van der Waals surface area contributed by atoms with Crippen LogP contribution < -0.4 is 10.1 Å². The van der Waals surface area contributed by atoms with Crippen LogP contribution in [0.1, 0.15) is 75.7 Å². The minimum atomic E-state index is -0.915. The molecule has 2 aromatic rings. The van der Waals surface area contributed by atoms with E-state index < -0.39 is 17.9 Å². The normalized spacial score (nSPS) is 20.8. The first-order valence-electron chi connectivity index (χ1n) is 13.2. The van der Waals surface area contributed by atoms with Gasteiger partial charge in [-0.05, 0) is 55.2 Å². The van der Waals surface area contributed by atoms with Crippen molar-refractivity contribution in [1.29, 1.82) is 0 Å². The number of ketones is 2. The molecular formula is C29H38N2O6. The standard InChI is InChI=1S/C29H38N2O6/c1-29(2)11-10-18(25(33)16-29)13-23(28(35)37-4)31-27(34)19(12-17-8-9-17)14-24(32)22-15-20-21(30-22)6-5-7-26(20)36-3/h5-7,15,17-19,23,30H,8-14,16H2,1-4H3,(H,31,34). The number of aromatic amines is 1. The molecule has 0 aliphatic heterocycles. The van der Waals surface area contributed by atoms with Crippen molar-refractivity contribution in [2.75, 3.05) is 14.2 Å². The first-order valence-corrected chi connectivity index (χ1v) is 13.2. The monoisotopic (exact) mass is 510 g/mol. The Morgan fingerprint density at radius 1 is 1.14 bits per heavy atom. The Labute approximate surface area is 217 Å². The van der Waals surface area contributed by atoms with E-state index in [2.05, 4.69) is 24.1 Å². The van der Waals surface area contributed by atoms with E-state index in [1.54, 1.807) is 13.2 Å². The number of benzene rings is 1. The molecule has 4 rings (SSSR count). The quantitative estimate of drug-likeness (QED) is 0.337. The van der Waals surface area contributed by atoms with E-state index in [0.717, 1.165) is 30.2 Å². The molecule has 2 aliphatic rings. The molecule has 1 aromatic carbocycles. The molecule has 2 aliphatic carbocycles. The first-order chi connectivity index (χ1) is 17.6. The summed E-state index contributed by atoms with van der Waals surface area (Å²) in [7, 11) is 2.86. The molecule has 2 fully saturated rings. The van der Waals surface area contributed by atoms with E-state index in [-0.39, 0.29) is 41.6 Å². The van der Waals surface area contributed by atoms with Gasteiger partial charge in [0.2, 0.25) is 5.91 Å². The highest BCUT2D eigenvalue weighted by Crippen LogP contribution is 2.39. The maximum atomic E-state index is 13.4. The van der Waals surface area contributed by atoms with Crippen LogP contribution in [0.5, 0.6) is 5.75 Å². The molecule has 0 saturated heterocycles. The number of hydrogen-bond donors (Lipinski definition) is 2. The smallest absolute Gasteiger partial charge is 0.328 e. The summed E-state index contributed by atoms with van der Waals surface area (Å²) in [5.41, 5.74) is 1.17. The largest absolute Gasteiger partial charge is 0.496 e. The lowest BCUT2D eigenvalue weighted by Crippen LogP contribution is -2.47. The van der Waals surface area contributed by atoms with Crippen molar-refractivity contribution in [3.05, 3.63) is 30.0 Å². The molecule has 200 valence electrons. The highest BCUT2D eigenvalue weighted by molar-refractivity contribution is 6.02. The molecule has 1 amide bonds. The second-order valence-electron chi connectivity index (χ2n) is 11.5. The van der Waals surface area contributed by atoms with Gasteiger partial charge in [0.15, 0.2) is 5.78 Å². The van der Waals surface area contributed by atoms with Crippen molar-refractivity contribution in [1.82, 2.24) is 10.3 Å². The number of esters is 1. The summed E-state index contributed by atoms with van der Waals surface area (Å²) < 4.78 is 10.4. The Kier molecular flexibility index (Phi) is 8.05. The summed E-state index contributed by atoms with van der Waals surface area (Å²) in [6.45, 7) is 4.15. The van der Waals surface area contributed by atoms with Crippen LogP contribution in [0.2, 0.25) is 0 Å². The predicted octanol–water partition coefficient (Wildman–Crippen LogP) is 4.61. The van der Waals surface area contributed by atoms with Crippen LogP contribution in [-0.4, -0.2) is 48.7 Å². The van der Waals surface area contributed by atoms with E-state index in [0.29, 0.717) is 36.6 Å². The third-order valence-electron chi connectivity index (χ3n) is 7.86. The van der Waals surface area contributed by atoms with Crippen molar-refractivity contribution >= 4 is 34.3 Å². The zero-order chi connectivity index (χ0) is 26.7. The Morgan fingerprint density at radius 3 is 2.54 bits per heavy atom. The zero-order valence-corrected chi connectivity index (χ0v) is 22.2. The average molecular weight is 511 g/mol. The number of methoxy groups -OCH3 is 2. The van der Waals surface area contributed by atoms with Crippen LogP contribution in [0.3, 0.4) is 0 Å². The molecule has 0 spiro atoms. The molecule has 1 aromatic heterocycles. The minimum absolute atomic E-state index is 0.0297. The third kappa shape index (κ3) is 6.59. The van der Waals surface area contributed by atoms with Crippen molar-refractivity contribution in [2.45, 2.75) is 71.3 Å². The second kappa shape index (κ2) is 11.1. The van der Waals surface area contributed by atoms with Gasteiger partial charge in [-0.2, -0.15) is 0 Å². The van der Waals surface area contributed by atoms with Crippen LogP contribution in [0, 0.1) is 23.2 Å². The first kappa shape index (κ1) is 26.9. The van der Waals surface area contributed by atoms with E-state index >= 15 is 0 Å². The van der Waals surface area contributed by atoms with E-state index in [1.807, 2.05) is 18.2 Å². The fraction of sp³-hybridized carbons (Fsp3) is 0.586. The lowest BCUT2D eigenvalue weighted by atomic mass is 9.71. The van der Waals surface area contributed by atoms with Gasteiger partial charge in [-0.15, -0.1) is 0 Å². The molecule has 3 atom stereocenters. The number of H-pyrrole nitrogens is 1. The summed E-state index contributed by atoms with van der Waals surface area (Å²) in [6.07, 6.45) is 4.95. The molecule has 2 saturated carbocycles. The number of aromatic nitrogens is 1. The molecule has 8 heteroatoms. The van der Waals surface area contributed by atoms with Crippen LogP contribution in [-0.2, 0) is 19.1 Å². The lowest BCUT2D eigenvalue weighted by Gasteiger charge is -2.34. The summed E-state index contributed by atoms with van der Waals surface area (Å²) >= 11 is 0. The Hall–Kier alpha value is -3.16. The average Bonchev–Trinajstić information content (AvgIpc) is 3.57. The zero-order valence-electron chi connectivity index (χ0n) is 22.2. The van der Waals surface area contributed by atoms with Gasteiger partial charge in [0.25, 0.3) is 0 Å². The van der Waals surface area contributed by atoms with Crippen molar-refractivity contribution in [2.24, 2.45) is 23.2 Å². The number of fused-ring (bicyclic) bond motifs is 1. The van der Waals surface area contributed by atoms with Crippen molar-refractivity contribution < 1.29 is 28.7 Å². The number of ether oxygens (including phenoxy) is 2. The molecule has 0 radical (unpaired) electrons. The number of amides is 1. The maximum absolute atomic E-state index is 13.4. The maximum Gasteiger partial charge on any atom is 0.328 e. The van der Waals surface area contributed by atoms with Gasteiger partial charge in [0, 0.05) is 35.6 Å². The number of rotatable bonds is 11. The molecular weight excluding hydrogens is 472 g/mol. The Balaban J connectivity index is 1.46. The van der Waals surface area contributed by atoms with Gasteiger partial charge >= 0.3 is 5.97 Å². The van der Waals surface area contributed by atoms with Crippen molar-refractivity contribution in [3.8, 4) is 5.75 Å². The van der Waals surface area contributed by atoms with Crippen molar-refractivity contribution in [3.63, 3.8) is 0 Å². The van der Waals surface area contributed by atoms with E-state index in [9.17, 15) is 19.2 Å². The number of Topliss-reactive ketones (excluding diaryl/α,β-unsaturated/α-hetero) is 2. The van der Waals surface area contributed by atoms with Gasteiger partial charge < -0.3 is 19.8 Å². The lowest BCUT2D eigenvalue weighted by molar-refractivity contribution is -0.146. The minimum Gasteiger partial charge on any atom is -0.496 e. The Bertz CT molecular complexity index is 1180. The summed E-state index contributed by atoms with van der Waals surface area (Å²) in [6, 6.07) is 6.40. The highest BCUT2D eigenvalue weighted by Gasteiger charge is 2.38. The van der Waals surface area contributed by atoms with Gasteiger partial charge in [0.05, 0.1) is 19.9 Å². The fourth-order valence-corrected chi connectivity index (χ4v) is 5.44. The topological polar surface area (TPSA) is 115 Å². The fourth-order valence-electron chi connectivity index (χ4n) is 5.44.